The monoisotopic (exact) mass is 287 g/mol. The van der Waals surface area contributed by atoms with Crippen LogP contribution in [0.4, 0.5) is 0 Å². The topological polar surface area (TPSA) is 34.4 Å². The summed E-state index contributed by atoms with van der Waals surface area (Å²) >= 11 is 3.46. The molecular formula is C12H18BrNO2. The summed E-state index contributed by atoms with van der Waals surface area (Å²) in [7, 11) is 0. The van der Waals surface area contributed by atoms with Crippen molar-refractivity contribution >= 4 is 15.9 Å². The Morgan fingerprint density at radius 3 is 3.06 bits per heavy atom. The van der Waals surface area contributed by atoms with Crippen molar-refractivity contribution in [3.8, 4) is 0 Å². The fraction of sp³-hybridized carbons (Fsp3) is 0.667. The van der Waals surface area contributed by atoms with Crippen molar-refractivity contribution in [1.82, 2.24) is 5.32 Å². The van der Waals surface area contributed by atoms with Gasteiger partial charge < -0.3 is 14.5 Å². The van der Waals surface area contributed by atoms with Gasteiger partial charge >= 0.3 is 0 Å². The second-order valence-electron chi connectivity index (χ2n) is 4.21. The Morgan fingerprint density at radius 2 is 2.50 bits per heavy atom. The number of hydrogen-bond acceptors (Lipinski definition) is 3. The van der Waals surface area contributed by atoms with E-state index < -0.39 is 0 Å². The largest absolute Gasteiger partial charge is 0.457 e. The molecule has 2 unspecified atom stereocenters. The molecule has 2 atom stereocenters. The van der Waals surface area contributed by atoms with E-state index in [4.69, 9.17) is 9.15 Å². The summed E-state index contributed by atoms with van der Waals surface area (Å²) in [5, 5.41) is 3.58. The molecule has 4 heteroatoms. The van der Waals surface area contributed by atoms with E-state index in [2.05, 4.69) is 28.2 Å². The molecule has 0 aliphatic carbocycles. The quantitative estimate of drug-likeness (QED) is 0.904. The predicted octanol–water partition coefficient (Wildman–Crippen LogP) is 3.12. The van der Waals surface area contributed by atoms with Crippen LogP contribution in [0.25, 0.3) is 0 Å². The van der Waals surface area contributed by atoms with Gasteiger partial charge in [-0.25, -0.2) is 0 Å². The first-order chi connectivity index (χ1) is 7.83. The minimum Gasteiger partial charge on any atom is -0.457 e. The van der Waals surface area contributed by atoms with Crippen molar-refractivity contribution < 1.29 is 9.15 Å². The highest BCUT2D eigenvalue weighted by Crippen LogP contribution is 2.33. The fourth-order valence-electron chi connectivity index (χ4n) is 2.17. The van der Waals surface area contributed by atoms with Gasteiger partial charge in [0.25, 0.3) is 0 Å². The van der Waals surface area contributed by atoms with Crippen LogP contribution in [0.3, 0.4) is 0 Å². The second-order valence-corrected chi connectivity index (χ2v) is 4.93. The van der Waals surface area contributed by atoms with Gasteiger partial charge in [-0.15, -0.1) is 0 Å². The van der Waals surface area contributed by atoms with E-state index >= 15 is 0 Å². The lowest BCUT2D eigenvalue weighted by atomic mass is 9.94. The van der Waals surface area contributed by atoms with Crippen molar-refractivity contribution in [1.29, 1.82) is 0 Å². The van der Waals surface area contributed by atoms with E-state index in [9.17, 15) is 0 Å². The molecule has 1 fully saturated rings. The highest BCUT2D eigenvalue weighted by atomic mass is 79.9. The molecular weight excluding hydrogens is 270 g/mol. The Hall–Kier alpha value is -0.320. The summed E-state index contributed by atoms with van der Waals surface area (Å²) in [6.07, 6.45) is 3.99. The Balaban J connectivity index is 2.10. The van der Waals surface area contributed by atoms with Gasteiger partial charge in [-0.2, -0.15) is 0 Å². The molecule has 3 nitrogen and oxygen atoms in total. The van der Waals surface area contributed by atoms with E-state index in [1.807, 2.05) is 6.07 Å². The molecule has 0 radical (unpaired) electrons. The lowest BCUT2D eigenvalue weighted by molar-refractivity contribution is 0.176. The summed E-state index contributed by atoms with van der Waals surface area (Å²) < 4.78 is 11.6. The summed E-state index contributed by atoms with van der Waals surface area (Å²) in [5.41, 5.74) is 1.21. The Morgan fingerprint density at radius 1 is 1.62 bits per heavy atom. The summed E-state index contributed by atoms with van der Waals surface area (Å²) in [5.74, 6) is 0.556. The maximum absolute atomic E-state index is 5.47. The highest BCUT2D eigenvalue weighted by Gasteiger charge is 2.28. The van der Waals surface area contributed by atoms with E-state index in [-0.39, 0.29) is 0 Å². The number of furan rings is 1. The second kappa shape index (κ2) is 5.84. The van der Waals surface area contributed by atoms with Gasteiger partial charge in [0.2, 0.25) is 0 Å². The van der Waals surface area contributed by atoms with Crippen LogP contribution in [0.5, 0.6) is 0 Å². The van der Waals surface area contributed by atoms with Gasteiger partial charge in [-0.3, -0.25) is 0 Å². The molecule has 1 aliphatic rings. The molecule has 16 heavy (non-hydrogen) atoms. The molecule has 1 N–H and O–H groups in total. The average molecular weight is 288 g/mol. The van der Waals surface area contributed by atoms with Gasteiger partial charge in [0, 0.05) is 24.1 Å². The molecule has 0 aromatic carbocycles. The van der Waals surface area contributed by atoms with Gasteiger partial charge in [0.1, 0.15) is 0 Å². The van der Waals surface area contributed by atoms with Crippen LogP contribution >= 0.6 is 15.9 Å². The Labute approximate surface area is 105 Å². The number of rotatable bonds is 5. The maximum atomic E-state index is 5.47. The van der Waals surface area contributed by atoms with Crippen LogP contribution in [-0.4, -0.2) is 19.8 Å². The van der Waals surface area contributed by atoms with Crippen molar-refractivity contribution in [3.63, 3.8) is 0 Å². The molecule has 2 rings (SSSR count). The first-order valence-corrected chi connectivity index (χ1v) is 6.66. The molecule has 0 bridgehead atoms. The molecule has 0 saturated carbocycles. The zero-order chi connectivity index (χ0) is 11.4. The molecule has 1 saturated heterocycles. The average Bonchev–Trinajstić information content (AvgIpc) is 2.91. The van der Waals surface area contributed by atoms with E-state index in [0.717, 1.165) is 37.3 Å². The van der Waals surface area contributed by atoms with Crippen LogP contribution in [-0.2, 0) is 4.74 Å². The molecule has 0 spiro atoms. The third kappa shape index (κ3) is 2.67. The van der Waals surface area contributed by atoms with Crippen LogP contribution in [0.15, 0.2) is 21.4 Å². The first-order valence-electron chi connectivity index (χ1n) is 5.87. The third-order valence-electron chi connectivity index (χ3n) is 3.03. The number of hydrogen-bond donors (Lipinski definition) is 1. The summed E-state index contributed by atoms with van der Waals surface area (Å²) in [6, 6.07) is 2.38. The predicted molar refractivity (Wildman–Crippen MR) is 66.4 cm³/mol. The highest BCUT2D eigenvalue weighted by molar-refractivity contribution is 9.10. The van der Waals surface area contributed by atoms with Crippen molar-refractivity contribution in [2.75, 3.05) is 19.8 Å². The zero-order valence-electron chi connectivity index (χ0n) is 9.54. The number of ether oxygens (including phenoxy) is 1. The molecule has 1 aliphatic heterocycles. The fourth-order valence-corrected chi connectivity index (χ4v) is 2.66. The lowest BCUT2D eigenvalue weighted by Gasteiger charge is -2.23. The molecule has 90 valence electrons. The van der Waals surface area contributed by atoms with Crippen molar-refractivity contribution in [2.24, 2.45) is 5.92 Å². The van der Waals surface area contributed by atoms with Gasteiger partial charge in [0.15, 0.2) is 4.67 Å². The smallest absolute Gasteiger partial charge is 0.173 e. The number of halogens is 1. The van der Waals surface area contributed by atoms with Gasteiger partial charge in [-0.05, 0) is 41.4 Å². The minimum atomic E-state index is 0.343. The zero-order valence-corrected chi connectivity index (χ0v) is 11.1. The van der Waals surface area contributed by atoms with Gasteiger partial charge in [-0.1, -0.05) is 6.92 Å². The van der Waals surface area contributed by atoms with Crippen molar-refractivity contribution in [3.05, 3.63) is 22.6 Å². The Kier molecular flexibility index (Phi) is 4.44. The third-order valence-corrected chi connectivity index (χ3v) is 3.68. The van der Waals surface area contributed by atoms with Crippen LogP contribution in [0.1, 0.15) is 31.4 Å². The first kappa shape index (κ1) is 12.1. The summed E-state index contributed by atoms with van der Waals surface area (Å²) in [6.45, 7) is 4.93. The lowest BCUT2D eigenvalue weighted by Crippen LogP contribution is -2.29. The van der Waals surface area contributed by atoms with E-state index in [1.54, 1.807) is 6.26 Å². The normalized spacial score (nSPS) is 22.5. The molecule has 2 heterocycles. The van der Waals surface area contributed by atoms with Gasteiger partial charge in [0.05, 0.1) is 12.9 Å². The number of nitrogens with one attached hydrogen (secondary N) is 1. The minimum absolute atomic E-state index is 0.343. The van der Waals surface area contributed by atoms with Crippen molar-refractivity contribution in [2.45, 2.75) is 25.8 Å². The van der Waals surface area contributed by atoms with Crippen LogP contribution in [0.2, 0.25) is 0 Å². The van der Waals surface area contributed by atoms with E-state index in [0.29, 0.717) is 12.0 Å². The molecule has 0 amide bonds. The summed E-state index contributed by atoms with van der Waals surface area (Å²) in [4.78, 5) is 0. The SMILES string of the molecule is CCCNC(c1ccoc1Br)C1CCOC1. The molecule has 1 aromatic heterocycles. The van der Waals surface area contributed by atoms with Crippen LogP contribution < -0.4 is 5.32 Å². The Bertz CT molecular complexity index is 321. The van der Waals surface area contributed by atoms with E-state index in [1.165, 1.54) is 5.56 Å². The standard InChI is InChI=1S/C12H18BrNO2/c1-2-5-14-11(9-3-6-15-8-9)10-4-7-16-12(10)13/h4,7,9,11,14H,2-3,5-6,8H2,1H3. The maximum Gasteiger partial charge on any atom is 0.173 e. The molecule has 1 aromatic rings. The van der Waals surface area contributed by atoms with Crippen LogP contribution in [0, 0.1) is 5.92 Å².